The van der Waals surface area contributed by atoms with E-state index in [0.29, 0.717) is 10.4 Å². The first-order valence-electron chi connectivity index (χ1n) is 7.12. The number of amides is 1. The highest BCUT2D eigenvalue weighted by Crippen LogP contribution is 2.35. The normalized spacial score (nSPS) is 19.7. The van der Waals surface area contributed by atoms with Gasteiger partial charge in [-0.05, 0) is 12.1 Å². The summed E-state index contributed by atoms with van der Waals surface area (Å²) >= 11 is 0. The molecule has 1 aromatic carbocycles. The Labute approximate surface area is 141 Å². The average molecular weight is 380 g/mol. The Bertz CT molecular complexity index is 794. The number of carboxylic acids is 1. The highest BCUT2D eigenvalue weighted by Gasteiger charge is 2.42. The van der Waals surface area contributed by atoms with E-state index >= 15 is 0 Å². The van der Waals surface area contributed by atoms with Crippen LogP contribution in [0.2, 0.25) is 0 Å². The molecular weight excluding hydrogens is 365 g/mol. The molecule has 2 rings (SSSR count). The molecule has 1 amide bonds. The molecule has 1 heterocycles. The molecule has 7 nitrogen and oxygen atoms in total. The van der Waals surface area contributed by atoms with E-state index in [1.165, 1.54) is 0 Å². The molecule has 11 heteroatoms. The molecule has 1 atom stereocenters. The molecule has 1 N–H and O–H groups in total. The lowest BCUT2D eigenvalue weighted by Gasteiger charge is -2.38. The molecule has 1 aliphatic rings. The van der Waals surface area contributed by atoms with Gasteiger partial charge in [-0.3, -0.25) is 4.79 Å². The van der Waals surface area contributed by atoms with E-state index in [1.807, 2.05) is 0 Å². The van der Waals surface area contributed by atoms with Gasteiger partial charge in [-0.15, -0.1) is 0 Å². The summed E-state index contributed by atoms with van der Waals surface area (Å²) in [7, 11) is -4.58. The Balaban J connectivity index is 2.42. The Hall–Kier alpha value is -2.14. The first kappa shape index (κ1) is 19.2. The molecule has 1 fully saturated rings. The van der Waals surface area contributed by atoms with Crippen molar-refractivity contribution >= 4 is 21.9 Å². The van der Waals surface area contributed by atoms with Gasteiger partial charge in [0, 0.05) is 26.6 Å². The summed E-state index contributed by atoms with van der Waals surface area (Å²) in [6.07, 6.45) is -4.88. The van der Waals surface area contributed by atoms with Gasteiger partial charge in [0.1, 0.15) is 6.04 Å². The minimum atomic E-state index is -4.88. The molecule has 0 saturated carbocycles. The highest BCUT2D eigenvalue weighted by atomic mass is 32.2. The Morgan fingerprint density at radius 3 is 2.32 bits per heavy atom. The van der Waals surface area contributed by atoms with E-state index in [1.54, 1.807) is 0 Å². The number of hydrogen-bond donors (Lipinski definition) is 1. The van der Waals surface area contributed by atoms with Crippen LogP contribution >= 0.6 is 0 Å². The van der Waals surface area contributed by atoms with Crippen LogP contribution in [0.5, 0.6) is 0 Å². The van der Waals surface area contributed by atoms with E-state index in [2.05, 4.69) is 0 Å². The predicted molar refractivity (Wildman–Crippen MR) is 79.0 cm³/mol. The lowest BCUT2D eigenvalue weighted by molar-refractivity contribution is -0.151. The number of rotatable bonds is 3. The number of carboxylic acid groups (broad SMARTS) is 1. The number of halogens is 3. The molecule has 0 radical (unpaired) electrons. The fraction of sp³-hybridized carbons (Fsp3) is 0.429. The number of sulfonamides is 1. The zero-order chi connectivity index (χ0) is 19.0. The topological polar surface area (TPSA) is 95.0 Å². The fourth-order valence-electron chi connectivity index (χ4n) is 2.63. The highest BCUT2D eigenvalue weighted by molar-refractivity contribution is 7.89. The third kappa shape index (κ3) is 3.76. The summed E-state index contributed by atoms with van der Waals surface area (Å²) in [6, 6.07) is 2.23. The maximum atomic E-state index is 13.1. The van der Waals surface area contributed by atoms with Crippen LogP contribution in [0.3, 0.4) is 0 Å². The summed E-state index contributed by atoms with van der Waals surface area (Å²) in [5, 5.41) is 9.20. The lowest BCUT2D eigenvalue weighted by atomic mass is 10.2. The molecule has 0 aliphatic carbocycles. The van der Waals surface area contributed by atoms with Crippen molar-refractivity contribution in [2.24, 2.45) is 0 Å². The maximum absolute atomic E-state index is 13.1. The van der Waals surface area contributed by atoms with Crippen LogP contribution in [0, 0.1) is 0 Å². The van der Waals surface area contributed by atoms with Crippen molar-refractivity contribution in [2.45, 2.75) is 24.0 Å². The van der Waals surface area contributed by atoms with Crippen LogP contribution in [0.15, 0.2) is 29.2 Å². The van der Waals surface area contributed by atoms with Crippen LogP contribution in [-0.4, -0.2) is 60.3 Å². The number of carbonyl (C=O) groups is 2. The number of alkyl halides is 3. The number of nitrogens with zero attached hydrogens (tertiary/aromatic N) is 2. The standard InChI is InChI=1S/C14H15F3N2O5S/c1-9(20)19-7-6-18(8-11(19)13(21)22)25(23,24)12-5-3-2-4-10(12)14(15,16)17/h2-5,11H,6-8H2,1H3,(H,21,22). The van der Waals surface area contributed by atoms with Gasteiger partial charge < -0.3 is 10.0 Å². The van der Waals surface area contributed by atoms with E-state index in [9.17, 15) is 36.3 Å². The van der Waals surface area contributed by atoms with Crippen molar-refractivity contribution in [1.82, 2.24) is 9.21 Å². The molecule has 1 saturated heterocycles. The molecule has 1 unspecified atom stereocenters. The lowest BCUT2D eigenvalue weighted by Crippen LogP contribution is -2.58. The smallest absolute Gasteiger partial charge is 0.417 e. The van der Waals surface area contributed by atoms with Gasteiger partial charge in [-0.25, -0.2) is 13.2 Å². The van der Waals surface area contributed by atoms with Crippen molar-refractivity contribution in [1.29, 1.82) is 0 Å². The molecule has 0 bridgehead atoms. The van der Waals surface area contributed by atoms with E-state index in [0.717, 1.165) is 30.0 Å². The zero-order valence-electron chi connectivity index (χ0n) is 13.0. The van der Waals surface area contributed by atoms with E-state index < -0.39 is 51.1 Å². The second-order valence-electron chi connectivity index (χ2n) is 5.42. The molecule has 138 valence electrons. The van der Waals surface area contributed by atoms with Crippen molar-refractivity contribution in [3.8, 4) is 0 Å². The van der Waals surface area contributed by atoms with Crippen LogP contribution in [0.25, 0.3) is 0 Å². The fourth-order valence-corrected chi connectivity index (χ4v) is 4.28. The molecule has 1 aliphatic heterocycles. The first-order valence-corrected chi connectivity index (χ1v) is 8.56. The third-order valence-electron chi connectivity index (χ3n) is 3.84. The predicted octanol–water partition coefficient (Wildman–Crippen LogP) is 1.01. The zero-order valence-corrected chi connectivity index (χ0v) is 13.8. The number of hydrogen-bond acceptors (Lipinski definition) is 4. The average Bonchev–Trinajstić information content (AvgIpc) is 2.53. The molecule has 0 aromatic heterocycles. The molecule has 1 aromatic rings. The van der Waals surface area contributed by atoms with Gasteiger partial charge in [0.15, 0.2) is 0 Å². The van der Waals surface area contributed by atoms with Crippen molar-refractivity contribution in [3.63, 3.8) is 0 Å². The van der Waals surface area contributed by atoms with Gasteiger partial charge >= 0.3 is 12.1 Å². The Kier molecular flexibility index (Phi) is 5.09. The summed E-state index contributed by atoms with van der Waals surface area (Å²) in [4.78, 5) is 22.8. The summed E-state index contributed by atoms with van der Waals surface area (Å²) < 4.78 is 65.2. The minimum Gasteiger partial charge on any atom is -0.480 e. The van der Waals surface area contributed by atoms with Crippen LogP contribution in [-0.2, 0) is 25.8 Å². The summed E-state index contributed by atoms with van der Waals surface area (Å²) in [6.45, 7) is 0.0000903. The van der Waals surface area contributed by atoms with Gasteiger partial charge in [-0.1, -0.05) is 12.1 Å². The van der Waals surface area contributed by atoms with Crippen LogP contribution in [0.4, 0.5) is 13.2 Å². The maximum Gasteiger partial charge on any atom is 0.417 e. The largest absolute Gasteiger partial charge is 0.480 e. The monoisotopic (exact) mass is 380 g/mol. The SMILES string of the molecule is CC(=O)N1CCN(S(=O)(=O)c2ccccc2C(F)(F)F)CC1C(=O)O. The van der Waals surface area contributed by atoms with Crippen molar-refractivity contribution < 1.29 is 36.3 Å². The summed E-state index contributed by atoms with van der Waals surface area (Å²) in [5.74, 6) is -1.99. The number of piperazine rings is 1. The van der Waals surface area contributed by atoms with E-state index in [4.69, 9.17) is 0 Å². The quantitative estimate of drug-likeness (QED) is 0.845. The van der Waals surface area contributed by atoms with Gasteiger partial charge in [0.2, 0.25) is 15.9 Å². The Morgan fingerprint density at radius 2 is 1.80 bits per heavy atom. The first-order chi connectivity index (χ1) is 11.5. The number of aliphatic carboxylic acids is 1. The molecule has 0 spiro atoms. The third-order valence-corrected chi connectivity index (χ3v) is 5.77. The van der Waals surface area contributed by atoms with Crippen molar-refractivity contribution in [2.75, 3.05) is 19.6 Å². The second kappa shape index (κ2) is 6.64. The second-order valence-corrected chi connectivity index (χ2v) is 7.33. The Morgan fingerprint density at radius 1 is 1.20 bits per heavy atom. The van der Waals surface area contributed by atoms with Gasteiger partial charge in [0.05, 0.1) is 10.5 Å². The summed E-state index contributed by atoms with van der Waals surface area (Å²) in [5.41, 5.74) is -1.32. The minimum absolute atomic E-state index is 0.223. The van der Waals surface area contributed by atoms with Gasteiger partial charge in [-0.2, -0.15) is 17.5 Å². The molecular formula is C14H15F3N2O5S. The van der Waals surface area contributed by atoms with Crippen molar-refractivity contribution in [3.05, 3.63) is 29.8 Å². The van der Waals surface area contributed by atoms with Crippen LogP contribution < -0.4 is 0 Å². The van der Waals surface area contributed by atoms with Crippen LogP contribution in [0.1, 0.15) is 12.5 Å². The molecule has 25 heavy (non-hydrogen) atoms. The van der Waals surface area contributed by atoms with Gasteiger partial charge in [0.25, 0.3) is 0 Å². The van der Waals surface area contributed by atoms with E-state index in [-0.39, 0.29) is 13.1 Å². The number of benzene rings is 1. The number of carbonyl (C=O) groups excluding carboxylic acids is 1.